The summed E-state index contributed by atoms with van der Waals surface area (Å²) in [7, 11) is 0. The van der Waals surface area contributed by atoms with E-state index in [0.29, 0.717) is 5.82 Å². The molecule has 1 aromatic heterocycles. The van der Waals surface area contributed by atoms with Gasteiger partial charge >= 0.3 is 0 Å². The Bertz CT molecular complexity index is 466. The number of rotatable bonds is 3. The molecule has 0 aliphatic carbocycles. The van der Waals surface area contributed by atoms with Crippen LogP contribution in [-0.2, 0) is 6.42 Å². The van der Waals surface area contributed by atoms with Crippen LogP contribution >= 0.6 is 0 Å². The van der Waals surface area contributed by atoms with Gasteiger partial charge in [0.05, 0.1) is 0 Å². The van der Waals surface area contributed by atoms with E-state index in [0.717, 1.165) is 24.1 Å². The fraction of sp³-hybridized carbons (Fsp3) is 0.231. The molecule has 0 aliphatic heterocycles. The maximum atomic E-state index is 12.8. The first-order valence-corrected chi connectivity index (χ1v) is 5.37. The number of hydrogen-bond acceptors (Lipinski definition) is 2. The van der Waals surface area contributed by atoms with Gasteiger partial charge in [-0.1, -0.05) is 13.3 Å². The highest BCUT2D eigenvalue weighted by Gasteiger charge is 2.02. The van der Waals surface area contributed by atoms with Crippen LogP contribution in [0.4, 0.5) is 4.39 Å². The molecule has 0 fully saturated rings. The van der Waals surface area contributed by atoms with Gasteiger partial charge in [-0.2, -0.15) is 0 Å². The van der Waals surface area contributed by atoms with Crippen molar-refractivity contribution in [2.45, 2.75) is 19.8 Å². The number of aromatic nitrogens is 2. The summed E-state index contributed by atoms with van der Waals surface area (Å²) in [6.45, 7) is 2.11. The molecule has 2 rings (SSSR count). The van der Waals surface area contributed by atoms with E-state index < -0.39 is 0 Å². The van der Waals surface area contributed by atoms with Gasteiger partial charge < -0.3 is 0 Å². The number of halogens is 1. The molecular formula is C13H13FN2. The van der Waals surface area contributed by atoms with Crippen molar-refractivity contribution < 1.29 is 4.39 Å². The average molecular weight is 216 g/mol. The lowest BCUT2D eigenvalue weighted by Gasteiger charge is -2.02. The third-order valence-electron chi connectivity index (χ3n) is 2.32. The lowest BCUT2D eigenvalue weighted by Crippen LogP contribution is -1.94. The Morgan fingerprint density at radius 3 is 2.56 bits per heavy atom. The molecule has 0 spiro atoms. The Hall–Kier alpha value is -1.77. The Labute approximate surface area is 94.2 Å². The molecule has 0 N–H and O–H groups in total. The van der Waals surface area contributed by atoms with Gasteiger partial charge in [0.2, 0.25) is 0 Å². The monoisotopic (exact) mass is 216 g/mol. The van der Waals surface area contributed by atoms with E-state index >= 15 is 0 Å². The molecule has 1 heterocycles. The molecule has 0 saturated heterocycles. The Morgan fingerprint density at radius 2 is 1.88 bits per heavy atom. The highest BCUT2D eigenvalue weighted by molar-refractivity contribution is 5.54. The lowest BCUT2D eigenvalue weighted by atomic mass is 10.2. The Kier molecular flexibility index (Phi) is 3.25. The summed E-state index contributed by atoms with van der Waals surface area (Å²) in [6.07, 6.45) is 3.74. The van der Waals surface area contributed by atoms with Crippen molar-refractivity contribution in [1.82, 2.24) is 9.97 Å². The van der Waals surface area contributed by atoms with Crippen LogP contribution in [0.2, 0.25) is 0 Å². The number of hydrogen-bond donors (Lipinski definition) is 0. The average Bonchev–Trinajstić information content (AvgIpc) is 2.31. The fourth-order valence-corrected chi connectivity index (χ4v) is 1.53. The van der Waals surface area contributed by atoms with Crippen LogP contribution in [0, 0.1) is 5.82 Å². The molecule has 82 valence electrons. The van der Waals surface area contributed by atoms with Crippen LogP contribution in [0.1, 0.15) is 19.0 Å². The molecular weight excluding hydrogens is 203 g/mol. The number of benzene rings is 1. The summed E-state index contributed by atoms with van der Waals surface area (Å²) in [5.41, 5.74) is 1.87. The van der Waals surface area contributed by atoms with Crippen LogP contribution in [-0.4, -0.2) is 9.97 Å². The fourth-order valence-electron chi connectivity index (χ4n) is 1.53. The first-order valence-electron chi connectivity index (χ1n) is 5.37. The Morgan fingerprint density at radius 1 is 1.12 bits per heavy atom. The van der Waals surface area contributed by atoms with Gasteiger partial charge in [-0.05, 0) is 36.8 Å². The quantitative estimate of drug-likeness (QED) is 0.787. The minimum atomic E-state index is -0.242. The van der Waals surface area contributed by atoms with E-state index in [2.05, 4.69) is 16.9 Å². The molecule has 0 aliphatic rings. The standard InChI is InChI=1S/C13H13FN2/c1-2-3-12-8-9-15-13(16-12)10-4-6-11(14)7-5-10/h4-9H,2-3H2,1H3. The van der Waals surface area contributed by atoms with Gasteiger partial charge in [-0.25, -0.2) is 14.4 Å². The zero-order chi connectivity index (χ0) is 11.4. The lowest BCUT2D eigenvalue weighted by molar-refractivity contribution is 0.628. The second-order valence-corrected chi connectivity index (χ2v) is 3.63. The first-order chi connectivity index (χ1) is 7.79. The van der Waals surface area contributed by atoms with Gasteiger partial charge in [-0.3, -0.25) is 0 Å². The highest BCUT2D eigenvalue weighted by Crippen LogP contribution is 2.15. The second kappa shape index (κ2) is 4.84. The van der Waals surface area contributed by atoms with Crippen LogP contribution in [0.5, 0.6) is 0 Å². The summed E-state index contributed by atoms with van der Waals surface area (Å²) >= 11 is 0. The van der Waals surface area contributed by atoms with E-state index in [9.17, 15) is 4.39 Å². The van der Waals surface area contributed by atoms with Crippen LogP contribution in [0.15, 0.2) is 36.5 Å². The van der Waals surface area contributed by atoms with Gasteiger partial charge in [0.15, 0.2) is 5.82 Å². The molecule has 2 nitrogen and oxygen atoms in total. The largest absolute Gasteiger partial charge is 0.237 e. The molecule has 0 saturated carbocycles. The maximum absolute atomic E-state index is 12.8. The molecule has 0 bridgehead atoms. The Balaban J connectivity index is 2.32. The molecule has 2 aromatic rings. The van der Waals surface area contributed by atoms with E-state index in [1.807, 2.05) is 6.07 Å². The number of nitrogens with zero attached hydrogens (tertiary/aromatic N) is 2. The van der Waals surface area contributed by atoms with Crippen molar-refractivity contribution in [2.75, 3.05) is 0 Å². The van der Waals surface area contributed by atoms with Gasteiger partial charge in [0.25, 0.3) is 0 Å². The van der Waals surface area contributed by atoms with Crippen molar-refractivity contribution in [1.29, 1.82) is 0 Å². The SMILES string of the molecule is CCCc1ccnc(-c2ccc(F)cc2)n1. The third-order valence-corrected chi connectivity index (χ3v) is 2.32. The van der Waals surface area contributed by atoms with E-state index in [1.165, 1.54) is 12.1 Å². The summed E-state index contributed by atoms with van der Waals surface area (Å²) < 4.78 is 12.8. The van der Waals surface area contributed by atoms with Crippen LogP contribution in [0.25, 0.3) is 11.4 Å². The topological polar surface area (TPSA) is 25.8 Å². The summed E-state index contributed by atoms with van der Waals surface area (Å²) in [6, 6.07) is 8.15. The van der Waals surface area contributed by atoms with Crippen molar-refractivity contribution >= 4 is 0 Å². The van der Waals surface area contributed by atoms with E-state index in [1.54, 1.807) is 18.3 Å². The smallest absolute Gasteiger partial charge is 0.159 e. The third kappa shape index (κ3) is 2.42. The van der Waals surface area contributed by atoms with E-state index in [4.69, 9.17) is 0 Å². The predicted octanol–water partition coefficient (Wildman–Crippen LogP) is 3.24. The van der Waals surface area contributed by atoms with Crippen LogP contribution in [0.3, 0.4) is 0 Å². The minimum absolute atomic E-state index is 0.242. The molecule has 16 heavy (non-hydrogen) atoms. The number of aryl methyl sites for hydroxylation is 1. The maximum Gasteiger partial charge on any atom is 0.159 e. The summed E-state index contributed by atoms with van der Waals surface area (Å²) in [5.74, 6) is 0.416. The van der Waals surface area contributed by atoms with Crippen LogP contribution < -0.4 is 0 Å². The van der Waals surface area contributed by atoms with Gasteiger partial charge in [0, 0.05) is 17.5 Å². The normalized spacial score (nSPS) is 10.4. The first kappa shape index (κ1) is 10.7. The zero-order valence-corrected chi connectivity index (χ0v) is 9.15. The minimum Gasteiger partial charge on any atom is -0.237 e. The van der Waals surface area contributed by atoms with Crippen molar-refractivity contribution in [3.63, 3.8) is 0 Å². The van der Waals surface area contributed by atoms with E-state index in [-0.39, 0.29) is 5.82 Å². The molecule has 0 radical (unpaired) electrons. The predicted molar refractivity (Wildman–Crippen MR) is 61.4 cm³/mol. The molecule has 0 amide bonds. The molecule has 1 aromatic carbocycles. The summed E-state index contributed by atoms with van der Waals surface area (Å²) in [5, 5.41) is 0. The second-order valence-electron chi connectivity index (χ2n) is 3.63. The molecule has 0 atom stereocenters. The van der Waals surface area contributed by atoms with Crippen molar-refractivity contribution in [3.8, 4) is 11.4 Å². The van der Waals surface area contributed by atoms with Crippen molar-refractivity contribution in [3.05, 3.63) is 48.0 Å². The van der Waals surface area contributed by atoms with Crippen molar-refractivity contribution in [2.24, 2.45) is 0 Å². The molecule has 3 heteroatoms. The van der Waals surface area contributed by atoms with Gasteiger partial charge in [-0.15, -0.1) is 0 Å². The summed E-state index contributed by atoms with van der Waals surface area (Å²) in [4.78, 5) is 8.62. The highest BCUT2D eigenvalue weighted by atomic mass is 19.1. The molecule has 0 unspecified atom stereocenters. The van der Waals surface area contributed by atoms with Gasteiger partial charge in [0.1, 0.15) is 5.82 Å². The zero-order valence-electron chi connectivity index (χ0n) is 9.15.